The summed E-state index contributed by atoms with van der Waals surface area (Å²) in [5, 5.41) is -0.291. The Morgan fingerprint density at radius 1 is 1.12 bits per heavy atom. The van der Waals surface area contributed by atoms with E-state index in [1.165, 1.54) is 12.2 Å². The van der Waals surface area contributed by atoms with Crippen molar-refractivity contribution in [3.05, 3.63) is 0 Å². The van der Waals surface area contributed by atoms with Gasteiger partial charge in [0.1, 0.15) is 10.1 Å². The summed E-state index contributed by atoms with van der Waals surface area (Å²) in [6, 6.07) is 0. The van der Waals surface area contributed by atoms with Crippen LogP contribution in [0.2, 0.25) is 0 Å². The summed E-state index contributed by atoms with van der Waals surface area (Å²) < 4.78 is 30.9. The molecule has 16 heavy (non-hydrogen) atoms. The fourth-order valence-corrected chi connectivity index (χ4v) is 3.17. The van der Waals surface area contributed by atoms with Crippen LogP contribution in [0.4, 0.5) is 0 Å². The van der Waals surface area contributed by atoms with Crippen LogP contribution >= 0.6 is 39.5 Å². The quantitative estimate of drug-likeness (QED) is 0.279. The molecule has 3 nitrogen and oxygen atoms in total. The maximum absolute atomic E-state index is 9.93. The molecule has 0 atom stereocenters. The van der Waals surface area contributed by atoms with Crippen LogP contribution in [0.3, 0.4) is 0 Å². The summed E-state index contributed by atoms with van der Waals surface area (Å²) in [6.45, 7) is 4.13. The minimum Gasteiger partial charge on any atom is -0.747 e. The third-order valence-corrected chi connectivity index (χ3v) is 5.34. The molecule has 0 aliphatic rings. The number of thioether (sulfide) groups is 2. The molecule has 0 spiro atoms. The molecule has 0 aromatic heterocycles. The normalized spacial score (nSPS) is 10.0. The second-order valence-electron chi connectivity index (χ2n) is 2.60. The van der Waals surface area contributed by atoms with Crippen LogP contribution in [-0.4, -0.2) is 34.2 Å². The minimum absolute atomic E-state index is 0. The Hall–Kier alpha value is 2.09. The van der Waals surface area contributed by atoms with E-state index in [0.717, 1.165) is 28.6 Å². The van der Waals surface area contributed by atoms with Gasteiger partial charge in [-0.1, -0.05) is 29.8 Å². The van der Waals surface area contributed by atoms with Crippen molar-refractivity contribution in [3.8, 4) is 0 Å². The topological polar surface area (TPSA) is 57.2 Å². The van der Waals surface area contributed by atoms with Gasteiger partial charge < -0.3 is 4.55 Å². The van der Waals surface area contributed by atoms with Crippen LogP contribution < -0.4 is 29.6 Å². The number of hydrogen-bond acceptors (Lipinski definition) is 5. The predicted molar refractivity (Wildman–Crippen MR) is 73.9 cm³/mol. The second-order valence-corrected chi connectivity index (χ2v) is 7.88. The molecule has 0 aliphatic heterocycles. The van der Waals surface area contributed by atoms with Crippen molar-refractivity contribution >= 4 is 49.6 Å². The molecule has 0 fully saturated rings. The van der Waals surface area contributed by atoms with Gasteiger partial charge in [0.2, 0.25) is 0 Å². The number of rotatable bonds is 7. The molecule has 0 radical (unpaired) electrons. The first-order valence-electron chi connectivity index (χ1n) is 4.62. The Morgan fingerprint density at radius 2 is 1.56 bits per heavy atom. The van der Waals surface area contributed by atoms with Crippen molar-refractivity contribution < 1.29 is 42.5 Å². The van der Waals surface area contributed by atoms with Gasteiger partial charge in [0.25, 0.3) is 0 Å². The summed E-state index contributed by atoms with van der Waals surface area (Å²) in [4.78, 5) is 0. The van der Waals surface area contributed by atoms with Gasteiger partial charge in [-0.25, -0.2) is 8.42 Å². The Bertz CT molecular complexity index is 209. The summed E-state index contributed by atoms with van der Waals surface area (Å²) in [5.74, 6) is 2.02. The Morgan fingerprint density at radius 3 is 1.81 bits per heavy atom. The largest absolute Gasteiger partial charge is 1.00 e. The molecule has 0 saturated heterocycles. The summed E-state index contributed by atoms with van der Waals surface area (Å²) in [7, 11) is -3.98. The van der Waals surface area contributed by atoms with Crippen LogP contribution in [0.15, 0.2) is 0 Å². The van der Waals surface area contributed by atoms with Crippen molar-refractivity contribution in [2.45, 2.75) is 26.7 Å². The first-order valence-corrected chi connectivity index (χ1v) is 9.63. The number of hydrogen-bond donors (Lipinski definition) is 0. The molecule has 0 bridgehead atoms. The van der Waals surface area contributed by atoms with Crippen LogP contribution in [0.25, 0.3) is 0 Å². The van der Waals surface area contributed by atoms with E-state index in [4.69, 9.17) is 0 Å². The average Bonchev–Trinajstić information content (AvgIpc) is 2.14. The van der Waals surface area contributed by atoms with Gasteiger partial charge in [0.15, 0.2) is 0 Å². The van der Waals surface area contributed by atoms with E-state index >= 15 is 0 Å². The molecule has 94 valence electrons. The molecule has 0 heterocycles. The smallest absolute Gasteiger partial charge is 0.747 e. The zero-order valence-electron chi connectivity index (χ0n) is 10.1. The molecular formula is C8H18BrNaO3S3. The third kappa shape index (κ3) is 29.8. The monoisotopic (exact) mass is 360 g/mol. The van der Waals surface area contributed by atoms with E-state index in [9.17, 15) is 13.0 Å². The van der Waals surface area contributed by atoms with E-state index in [2.05, 4.69) is 22.9 Å². The van der Waals surface area contributed by atoms with E-state index < -0.39 is 10.1 Å². The average molecular weight is 361 g/mol. The van der Waals surface area contributed by atoms with Crippen LogP contribution in [0.5, 0.6) is 0 Å². The second kappa shape index (κ2) is 17.1. The Kier molecular flexibility index (Phi) is 24.8. The third-order valence-electron chi connectivity index (χ3n) is 1.00. The first kappa shape index (κ1) is 23.2. The van der Waals surface area contributed by atoms with Crippen molar-refractivity contribution in [1.29, 1.82) is 0 Å². The molecule has 8 heteroatoms. The predicted octanol–water partition coefficient (Wildman–Crippen LogP) is 0.118. The van der Waals surface area contributed by atoms with Crippen molar-refractivity contribution in [2.75, 3.05) is 21.3 Å². The molecule has 0 N–H and O–H groups in total. The molecule has 0 aromatic rings. The molecule has 0 aliphatic carbocycles. The van der Waals surface area contributed by atoms with Crippen molar-refractivity contribution in [2.24, 2.45) is 0 Å². The van der Waals surface area contributed by atoms with Gasteiger partial charge in [0.05, 0.1) is 5.08 Å². The van der Waals surface area contributed by atoms with Crippen LogP contribution in [0.1, 0.15) is 26.7 Å². The zero-order chi connectivity index (χ0) is 12.2. The van der Waals surface area contributed by atoms with Gasteiger partial charge in [-0.05, 0) is 24.3 Å². The number of halogens is 1. The molecule has 0 aromatic carbocycles. The number of alkyl halides is 1. The van der Waals surface area contributed by atoms with E-state index in [0.29, 0.717) is 0 Å². The Labute approximate surface area is 138 Å². The maximum atomic E-state index is 9.93. The van der Waals surface area contributed by atoms with Gasteiger partial charge in [-0.15, -0.1) is 11.8 Å². The van der Waals surface area contributed by atoms with Gasteiger partial charge in [-0.2, -0.15) is 11.8 Å². The maximum Gasteiger partial charge on any atom is 1.00 e. The van der Waals surface area contributed by atoms with Crippen molar-refractivity contribution in [1.82, 2.24) is 0 Å². The zero-order valence-corrected chi connectivity index (χ0v) is 16.1. The Balaban J connectivity index is -0.000000214. The van der Waals surface area contributed by atoms with Gasteiger partial charge in [0, 0.05) is 4.66 Å². The van der Waals surface area contributed by atoms with Gasteiger partial charge in [-0.3, -0.25) is 0 Å². The molecular weight excluding hydrogens is 343 g/mol. The summed E-state index contributed by atoms with van der Waals surface area (Å²) in [5.41, 5.74) is 0. The summed E-state index contributed by atoms with van der Waals surface area (Å²) >= 11 is 6.40. The molecule has 0 unspecified atom stereocenters. The molecule has 0 rings (SSSR count). The molecule has 0 amide bonds. The SMILES string of the molecule is CCCSCBr.CCCSCS(=O)(=O)[O-].[Na+]. The fraction of sp³-hybridized carbons (Fsp3) is 1.00. The van der Waals surface area contributed by atoms with Crippen LogP contribution in [-0.2, 0) is 10.1 Å². The fourth-order valence-electron chi connectivity index (χ4n) is 0.504. The van der Waals surface area contributed by atoms with Crippen LogP contribution in [0, 0.1) is 0 Å². The summed E-state index contributed by atoms with van der Waals surface area (Å²) in [6.07, 6.45) is 2.19. The van der Waals surface area contributed by atoms with E-state index in [1.54, 1.807) is 0 Å². The van der Waals surface area contributed by atoms with E-state index in [1.807, 2.05) is 18.7 Å². The molecule has 0 saturated carbocycles. The van der Waals surface area contributed by atoms with Gasteiger partial charge >= 0.3 is 29.6 Å². The van der Waals surface area contributed by atoms with E-state index in [-0.39, 0.29) is 34.6 Å². The standard InChI is InChI=1S/C4H9BrS.C4H10O3S2.Na/c1-2-3-6-4-5;1-2-3-8-4-9(5,6)7;/h2-4H2,1H3;2-4H2,1H3,(H,5,6,7);/q;;+1/p-1. The van der Waals surface area contributed by atoms with Crippen molar-refractivity contribution in [3.63, 3.8) is 0 Å². The first-order chi connectivity index (χ1) is 6.97. The minimum atomic E-state index is -3.98.